The molecule has 2 rings (SSSR count). The third-order valence-electron chi connectivity index (χ3n) is 3.62. The quantitative estimate of drug-likeness (QED) is 0.609. The molecule has 3 unspecified atom stereocenters. The molecule has 1 aliphatic heterocycles. The van der Waals surface area contributed by atoms with E-state index in [2.05, 4.69) is 12.2 Å². The zero-order chi connectivity index (χ0) is 7.68. The SMILES string of the molecule is CCC1CCC2NCCCC12. The number of rotatable bonds is 1. The lowest BCUT2D eigenvalue weighted by Crippen LogP contribution is -2.39. The fourth-order valence-corrected chi connectivity index (χ4v) is 2.97. The Morgan fingerprint density at radius 1 is 1.27 bits per heavy atom. The highest BCUT2D eigenvalue weighted by atomic mass is 14.9. The fourth-order valence-electron chi connectivity index (χ4n) is 2.97. The average molecular weight is 153 g/mol. The molecular weight excluding hydrogens is 134 g/mol. The average Bonchev–Trinajstić information content (AvgIpc) is 2.47. The van der Waals surface area contributed by atoms with Crippen molar-refractivity contribution >= 4 is 0 Å². The van der Waals surface area contributed by atoms with Gasteiger partial charge in [0.15, 0.2) is 0 Å². The molecule has 1 heteroatoms. The summed E-state index contributed by atoms with van der Waals surface area (Å²) in [5, 5.41) is 3.65. The van der Waals surface area contributed by atoms with E-state index in [0.717, 1.165) is 17.9 Å². The molecule has 0 radical (unpaired) electrons. The lowest BCUT2D eigenvalue weighted by molar-refractivity contribution is 0.257. The van der Waals surface area contributed by atoms with Crippen LogP contribution >= 0.6 is 0 Å². The van der Waals surface area contributed by atoms with Gasteiger partial charge in [-0.05, 0) is 44.1 Å². The molecule has 1 saturated heterocycles. The van der Waals surface area contributed by atoms with E-state index >= 15 is 0 Å². The van der Waals surface area contributed by atoms with Crippen molar-refractivity contribution in [3.63, 3.8) is 0 Å². The first-order valence-corrected chi connectivity index (χ1v) is 5.15. The van der Waals surface area contributed by atoms with Crippen molar-refractivity contribution in [1.29, 1.82) is 0 Å². The minimum Gasteiger partial charge on any atom is -0.314 e. The maximum absolute atomic E-state index is 3.65. The second kappa shape index (κ2) is 3.14. The van der Waals surface area contributed by atoms with Crippen LogP contribution < -0.4 is 5.32 Å². The third-order valence-corrected chi connectivity index (χ3v) is 3.62. The van der Waals surface area contributed by atoms with Crippen molar-refractivity contribution in [2.75, 3.05) is 6.54 Å². The number of nitrogens with one attached hydrogen (secondary N) is 1. The largest absolute Gasteiger partial charge is 0.314 e. The summed E-state index contributed by atoms with van der Waals surface area (Å²) in [7, 11) is 0. The highest BCUT2D eigenvalue weighted by Crippen LogP contribution is 2.38. The van der Waals surface area contributed by atoms with Crippen molar-refractivity contribution in [1.82, 2.24) is 5.32 Å². The lowest BCUT2D eigenvalue weighted by atomic mass is 9.85. The van der Waals surface area contributed by atoms with Gasteiger partial charge in [0.05, 0.1) is 0 Å². The zero-order valence-corrected chi connectivity index (χ0v) is 7.47. The van der Waals surface area contributed by atoms with Crippen LogP contribution in [0.15, 0.2) is 0 Å². The van der Waals surface area contributed by atoms with Crippen LogP contribution in [0.25, 0.3) is 0 Å². The molecule has 11 heavy (non-hydrogen) atoms. The number of piperidine rings is 1. The normalized spacial score (nSPS) is 43.9. The van der Waals surface area contributed by atoms with Crippen molar-refractivity contribution < 1.29 is 0 Å². The van der Waals surface area contributed by atoms with Crippen LogP contribution in [-0.2, 0) is 0 Å². The Hall–Kier alpha value is -0.0400. The Morgan fingerprint density at radius 3 is 3.00 bits per heavy atom. The predicted molar refractivity (Wildman–Crippen MR) is 47.5 cm³/mol. The first kappa shape index (κ1) is 7.60. The first-order chi connectivity index (χ1) is 5.42. The van der Waals surface area contributed by atoms with Gasteiger partial charge in [0.2, 0.25) is 0 Å². The van der Waals surface area contributed by atoms with Gasteiger partial charge in [-0.3, -0.25) is 0 Å². The molecule has 3 atom stereocenters. The van der Waals surface area contributed by atoms with E-state index in [1.165, 1.54) is 38.6 Å². The van der Waals surface area contributed by atoms with Crippen molar-refractivity contribution in [2.45, 2.75) is 45.1 Å². The standard InChI is InChI=1S/C10H19N/c1-2-8-5-6-10-9(8)4-3-7-11-10/h8-11H,2-7H2,1H3. The van der Waals surface area contributed by atoms with Gasteiger partial charge in [-0.15, -0.1) is 0 Å². The van der Waals surface area contributed by atoms with Gasteiger partial charge in [-0.25, -0.2) is 0 Å². The smallest absolute Gasteiger partial charge is 0.00980 e. The summed E-state index contributed by atoms with van der Waals surface area (Å²) < 4.78 is 0. The van der Waals surface area contributed by atoms with Crippen LogP contribution in [0.3, 0.4) is 0 Å². The summed E-state index contributed by atoms with van der Waals surface area (Å²) in [4.78, 5) is 0. The van der Waals surface area contributed by atoms with Gasteiger partial charge in [0.1, 0.15) is 0 Å². The molecule has 1 saturated carbocycles. The van der Waals surface area contributed by atoms with Crippen LogP contribution in [0, 0.1) is 11.8 Å². The van der Waals surface area contributed by atoms with Gasteiger partial charge >= 0.3 is 0 Å². The molecule has 1 heterocycles. The molecule has 0 bridgehead atoms. The van der Waals surface area contributed by atoms with E-state index in [0.29, 0.717) is 0 Å². The molecule has 1 nitrogen and oxygen atoms in total. The van der Waals surface area contributed by atoms with Gasteiger partial charge in [-0.2, -0.15) is 0 Å². The highest BCUT2D eigenvalue weighted by Gasteiger charge is 2.35. The van der Waals surface area contributed by atoms with Gasteiger partial charge in [0, 0.05) is 6.04 Å². The van der Waals surface area contributed by atoms with Gasteiger partial charge in [-0.1, -0.05) is 13.3 Å². The summed E-state index contributed by atoms with van der Waals surface area (Å²) in [5.41, 5.74) is 0. The summed E-state index contributed by atoms with van der Waals surface area (Å²) in [6.07, 6.45) is 7.25. The van der Waals surface area contributed by atoms with E-state index in [4.69, 9.17) is 0 Å². The molecule has 1 aliphatic carbocycles. The fraction of sp³-hybridized carbons (Fsp3) is 1.00. The Balaban J connectivity index is 1.98. The second-order valence-corrected chi connectivity index (χ2v) is 4.11. The Kier molecular flexibility index (Phi) is 2.17. The zero-order valence-electron chi connectivity index (χ0n) is 7.47. The molecule has 0 aromatic heterocycles. The molecule has 0 aromatic rings. The molecule has 64 valence electrons. The monoisotopic (exact) mass is 153 g/mol. The van der Waals surface area contributed by atoms with Crippen LogP contribution in [0.4, 0.5) is 0 Å². The number of hydrogen-bond donors (Lipinski definition) is 1. The van der Waals surface area contributed by atoms with E-state index in [1.54, 1.807) is 0 Å². The molecular formula is C10H19N. The predicted octanol–water partition coefficient (Wildman–Crippen LogP) is 2.17. The van der Waals surface area contributed by atoms with Crippen LogP contribution in [-0.4, -0.2) is 12.6 Å². The maximum atomic E-state index is 3.65. The molecule has 0 amide bonds. The Bertz CT molecular complexity index is 127. The number of fused-ring (bicyclic) bond motifs is 1. The summed E-state index contributed by atoms with van der Waals surface area (Å²) in [5.74, 6) is 2.08. The number of hydrogen-bond acceptors (Lipinski definition) is 1. The molecule has 2 fully saturated rings. The highest BCUT2D eigenvalue weighted by molar-refractivity contribution is 4.91. The van der Waals surface area contributed by atoms with E-state index in [-0.39, 0.29) is 0 Å². The lowest BCUT2D eigenvalue weighted by Gasteiger charge is -2.29. The summed E-state index contributed by atoms with van der Waals surface area (Å²) >= 11 is 0. The van der Waals surface area contributed by atoms with Crippen LogP contribution in [0.1, 0.15) is 39.0 Å². The second-order valence-electron chi connectivity index (χ2n) is 4.11. The Morgan fingerprint density at radius 2 is 2.18 bits per heavy atom. The topological polar surface area (TPSA) is 12.0 Å². The van der Waals surface area contributed by atoms with Gasteiger partial charge in [0.25, 0.3) is 0 Å². The van der Waals surface area contributed by atoms with E-state index in [1.807, 2.05) is 0 Å². The summed E-state index contributed by atoms with van der Waals surface area (Å²) in [6.45, 7) is 3.62. The maximum Gasteiger partial charge on any atom is 0.00980 e. The molecule has 2 aliphatic rings. The van der Waals surface area contributed by atoms with E-state index in [9.17, 15) is 0 Å². The molecule has 0 spiro atoms. The first-order valence-electron chi connectivity index (χ1n) is 5.15. The Labute approximate surface area is 69.6 Å². The van der Waals surface area contributed by atoms with Gasteiger partial charge < -0.3 is 5.32 Å². The van der Waals surface area contributed by atoms with Crippen molar-refractivity contribution in [3.05, 3.63) is 0 Å². The minimum absolute atomic E-state index is 0.897. The van der Waals surface area contributed by atoms with Crippen LogP contribution in [0.5, 0.6) is 0 Å². The minimum atomic E-state index is 0.897. The van der Waals surface area contributed by atoms with Crippen LogP contribution in [0.2, 0.25) is 0 Å². The van der Waals surface area contributed by atoms with Crippen molar-refractivity contribution in [2.24, 2.45) is 11.8 Å². The molecule has 0 aromatic carbocycles. The third kappa shape index (κ3) is 1.31. The van der Waals surface area contributed by atoms with Crippen molar-refractivity contribution in [3.8, 4) is 0 Å². The molecule has 1 N–H and O–H groups in total. The van der Waals surface area contributed by atoms with E-state index < -0.39 is 0 Å². The summed E-state index contributed by atoms with van der Waals surface area (Å²) in [6, 6.07) is 0.897.